The molecule has 29 heavy (non-hydrogen) atoms. The maximum absolute atomic E-state index is 13.7. The smallest absolute Gasteiger partial charge is 0.339 e. The Balaban J connectivity index is 1.70. The van der Waals surface area contributed by atoms with Crippen molar-refractivity contribution in [2.24, 2.45) is 5.92 Å². The number of ether oxygens (including phenoxy) is 2. The second-order valence-corrected chi connectivity index (χ2v) is 7.78. The molecular weight excluding hydrogens is 364 g/mol. The molecule has 2 atom stereocenters. The number of benzene rings is 2. The number of hydrogen-bond donors (Lipinski definition) is 0. The van der Waals surface area contributed by atoms with Gasteiger partial charge in [-0.05, 0) is 36.6 Å². The van der Waals surface area contributed by atoms with Crippen molar-refractivity contribution in [2.45, 2.75) is 38.2 Å². The SMILES string of the molecule is CCCCCC1=CC=C2Oc3ccccc3C3(OC(=O)c4ccccc43)C2C1=O. The van der Waals surface area contributed by atoms with Crippen LogP contribution in [0.15, 0.2) is 72.0 Å². The molecule has 4 heteroatoms. The maximum Gasteiger partial charge on any atom is 0.339 e. The van der Waals surface area contributed by atoms with Crippen molar-refractivity contribution in [3.8, 4) is 5.75 Å². The number of carbonyl (C=O) groups excluding carboxylic acids is 2. The van der Waals surface area contributed by atoms with Crippen LogP contribution in [0.4, 0.5) is 0 Å². The minimum Gasteiger partial charge on any atom is -0.460 e. The van der Waals surface area contributed by atoms with Gasteiger partial charge in [0.05, 0.1) is 5.56 Å². The summed E-state index contributed by atoms with van der Waals surface area (Å²) in [6.45, 7) is 2.14. The van der Waals surface area contributed by atoms with Gasteiger partial charge in [-0.1, -0.05) is 62.2 Å². The van der Waals surface area contributed by atoms with E-state index in [1.807, 2.05) is 54.6 Å². The fourth-order valence-electron chi connectivity index (χ4n) is 4.73. The average molecular weight is 386 g/mol. The summed E-state index contributed by atoms with van der Waals surface area (Å²) >= 11 is 0. The molecule has 0 radical (unpaired) electrons. The van der Waals surface area contributed by atoms with Crippen molar-refractivity contribution in [2.75, 3.05) is 0 Å². The maximum atomic E-state index is 13.7. The Labute approximate surface area is 169 Å². The summed E-state index contributed by atoms with van der Waals surface area (Å²) in [5, 5.41) is 0. The third kappa shape index (κ3) is 2.52. The number of allylic oxidation sites excluding steroid dienone is 3. The molecule has 0 bridgehead atoms. The first-order valence-electron chi connectivity index (χ1n) is 10.2. The molecule has 2 heterocycles. The minimum atomic E-state index is -1.18. The summed E-state index contributed by atoms with van der Waals surface area (Å²) in [5.41, 5.74) is 1.56. The number of esters is 1. The molecule has 0 fully saturated rings. The quantitative estimate of drug-likeness (QED) is 0.543. The van der Waals surface area contributed by atoms with Gasteiger partial charge in [-0.2, -0.15) is 0 Å². The zero-order chi connectivity index (χ0) is 20.0. The second kappa shape index (κ2) is 6.73. The number of carbonyl (C=O) groups is 2. The van der Waals surface area contributed by atoms with E-state index in [1.165, 1.54) is 0 Å². The van der Waals surface area contributed by atoms with Crippen LogP contribution in [0.2, 0.25) is 0 Å². The van der Waals surface area contributed by atoms with Gasteiger partial charge in [-0.15, -0.1) is 0 Å². The summed E-state index contributed by atoms with van der Waals surface area (Å²) < 4.78 is 12.2. The number of ketones is 1. The molecule has 0 saturated carbocycles. The number of rotatable bonds is 4. The summed E-state index contributed by atoms with van der Waals surface area (Å²) in [4.78, 5) is 26.5. The van der Waals surface area contributed by atoms with Gasteiger partial charge in [0.15, 0.2) is 11.4 Å². The zero-order valence-electron chi connectivity index (χ0n) is 16.3. The Morgan fingerprint density at radius 2 is 1.69 bits per heavy atom. The van der Waals surface area contributed by atoms with E-state index in [-0.39, 0.29) is 5.78 Å². The Morgan fingerprint density at radius 1 is 0.931 bits per heavy atom. The van der Waals surface area contributed by atoms with E-state index in [0.29, 0.717) is 17.1 Å². The van der Waals surface area contributed by atoms with E-state index in [0.717, 1.165) is 42.4 Å². The molecule has 2 aliphatic heterocycles. The molecule has 3 aliphatic rings. The number of Topliss-reactive ketones (excluding diaryl/α,β-unsaturated/α-hetero) is 1. The highest BCUT2D eigenvalue weighted by Crippen LogP contribution is 2.56. The fraction of sp³-hybridized carbons (Fsp3) is 0.280. The van der Waals surface area contributed by atoms with E-state index in [1.54, 1.807) is 6.07 Å². The number of hydrogen-bond acceptors (Lipinski definition) is 4. The van der Waals surface area contributed by atoms with Gasteiger partial charge in [0.2, 0.25) is 0 Å². The number of para-hydroxylation sites is 1. The monoisotopic (exact) mass is 386 g/mol. The van der Waals surface area contributed by atoms with Gasteiger partial charge in [0.25, 0.3) is 0 Å². The fourth-order valence-corrected chi connectivity index (χ4v) is 4.73. The van der Waals surface area contributed by atoms with E-state index in [4.69, 9.17) is 9.47 Å². The number of unbranched alkanes of at least 4 members (excludes halogenated alkanes) is 2. The first kappa shape index (κ1) is 17.9. The Bertz CT molecular complexity index is 1080. The standard InChI is InChI=1S/C25H22O4/c1-2-3-4-9-16-14-15-21-22(23(16)26)25(19-12-7-8-13-20(19)28-21)18-11-6-5-10-17(18)24(27)29-25/h5-8,10-15,22H,2-4,9H2,1H3. The molecule has 0 aromatic heterocycles. The lowest BCUT2D eigenvalue weighted by Gasteiger charge is -2.43. The summed E-state index contributed by atoms with van der Waals surface area (Å²) in [6.07, 6.45) is 7.60. The zero-order valence-corrected chi connectivity index (χ0v) is 16.3. The van der Waals surface area contributed by atoms with Crippen molar-refractivity contribution in [1.82, 2.24) is 0 Å². The molecule has 0 amide bonds. The van der Waals surface area contributed by atoms with Crippen LogP contribution in [0.3, 0.4) is 0 Å². The van der Waals surface area contributed by atoms with Crippen molar-refractivity contribution in [1.29, 1.82) is 0 Å². The summed E-state index contributed by atoms with van der Waals surface area (Å²) in [6, 6.07) is 14.9. The lowest BCUT2D eigenvalue weighted by molar-refractivity contribution is -0.127. The van der Waals surface area contributed by atoms with Crippen molar-refractivity contribution >= 4 is 11.8 Å². The van der Waals surface area contributed by atoms with Crippen LogP contribution < -0.4 is 4.74 Å². The highest BCUT2D eigenvalue weighted by atomic mass is 16.6. The lowest BCUT2D eigenvalue weighted by atomic mass is 9.68. The van der Waals surface area contributed by atoms with Crippen LogP contribution in [0.25, 0.3) is 0 Å². The third-order valence-electron chi connectivity index (χ3n) is 6.08. The molecule has 2 aromatic rings. The van der Waals surface area contributed by atoms with Crippen LogP contribution in [0.5, 0.6) is 5.75 Å². The Hall–Kier alpha value is -3.14. The normalized spacial score (nSPS) is 24.1. The van der Waals surface area contributed by atoms with Crippen LogP contribution in [0.1, 0.15) is 54.1 Å². The second-order valence-electron chi connectivity index (χ2n) is 7.78. The first-order valence-corrected chi connectivity index (χ1v) is 10.2. The molecule has 1 aliphatic carbocycles. The summed E-state index contributed by atoms with van der Waals surface area (Å²) in [5.74, 6) is 0.0448. The van der Waals surface area contributed by atoms with E-state index in [9.17, 15) is 9.59 Å². The van der Waals surface area contributed by atoms with Crippen molar-refractivity contribution in [3.63, 3.8) is 0 Å². The lowest BCUT2D eigenvalue weighted by Crippen LogP contribution is -2.47. The molecule has 146 valence electrons. The largest absolute Gasteiger partial charge is 0.460 e. The highest BCUT2D eigenvalue weighted by molar-refractivity contribution is 6.04. The third-order valence-corrected chi connectivity index (χ3v) is 6.08. The average Bonchev–Trinajstić information content (AvgIpc) is 3.03. The van der Waals surface area contributed by atoms with Gasteiger partial charge in [0.1, 0.15) is 17.4 Å². The molecule has 5 rings (SSSR count). The molecule has 0 saturated heterocycles. The molecule has 2 unspecified atom stereocenters. The van der Waals surface area contributed by atoms with Crippen LogP contribution in [-0.2, 0) is 15.1 Å². The van der Waals surface area contributed by atoms with Gasteiger partial charge >= 0.3 is 5.97 Å². The van der Waals surface area contributed by atoms with E-state index < -0.39 is 17.5 Å². The van der Waals surface area contributed by atoms with Crippen LogP contribution >= 0.6 is 0 Å². The van der Waals surface area contributed by atoms with Crippen LogP contribution in [-0.4, -0.2) is 11.8 Å². The molecule has 4 nitrogen and oxygen atoms in total. The predicted octanol–water partition coefficient (Wildman–Crippen LogP) is 5.08. The van der Waals surface area contributed by atoms with Gasteiger partial charge in [-0.25, -0.2) is 4.79 Å². The van der Waals surface area contributed by atoms with Gasteiger partial charge in [-0.3, -0.25) is 4.79 Å². The summed E-state index contributed by atoms with van der Waals surface area (Å²) in [7, 11) is 0. The minimum absolute atomic E-state index is 0.0161. The van der Waals surface area contributed by atoms with Gasteiger partial charge < -0.3 is 9.47 Å². The van der Waals surface area contributed by atoms with E-state index >= 15 is 0 Å². The first-order chi connectivity index (χ1) is 14.2. The predicted molar refractivity (Wildman–Crippen MR) is 109 cm³/mol. The van der Waals surface area contributed by atoms with Crippen LogP contribution in [0, 0.1) is 5.92 Å². The molecular formula is C25H22O4. The Morgan fingerprint density at radius 3 is 2.52 bits per heavy atom. The Kier molecular flexibility index (Phi) is 4.16. The molecule has 2 aromatic carbocycles. The molecule has 0 N–H and O–H groups in total. The van der Waals surface area contributed by atoms with E-state index in [2.05, 4.69) is 6.92 Å². The topological polar surface area (TPSA) is 52.6 Å². The van der Waals surface area contributed by atoms with Crippen molar-refractivity contribution in [3.05, 3.63) is 88.7 Å². The molecule has 1 spiro atoms. The van der Waals surface area contributed by atoms with Crippen molar-refractivity contribution < 1.29 is 19.1 Å². The number of fused-ring (bicyclic) bond motifs is 6. The van der Waals surface area contributed by atoms with Gasteiger partial charge in [0, 0.05) is 11.1 Å². The highest BCUT2D eigenvalue weighted by Gasteiger charge is 2.60.